The molecule has 0 bridgehead atoms. The van der Waals surface area contributed by atoms with Crippen molar-refractivity contribution in [3.63, 3.8) is 0 Å². The fourth-order valence-electron chi connectivity index (χ4n) is 1.77. The predicted molar refractivity (Wildman–Crippen MR) is 76.8 cm³/mol. The van der Waals surface area contributed by atoms with Gasteiger partial charge in [0.1, 0.15) is 5.69 Å². The van der Waals surface area contributed by atoms with E-state index < -0.39 is 14.8 Å². The molecule has 9 heteroatoms. The normalized spacial score (nSPS) is 11.8. The fraction of sp³-hybridized carbons (Fsp3) is 0.727. The second kappa shape index (κ2) is 6.21. The number of sulfone groups is 1. The Morgan fingerprint density at radius 1 is 1.45 bits per heavy atom. The van der Waals surface area contributed by atoms with Gasteiger partial charge in [0, 0.05) is 18.3 Å². The number of rotatable bonds is 7. The van der Waals surface area contributed by atoms with E-state index in [9.17, 15) is 18.5 Å². The van der Waals surface area contributed by atoms with Crippen molar-refractivity contribution in [1.29, 1.82) is 0 Å². The Labute approximate surface area is 118 Å². The highest BCUT2D eigenvalue weighted by Crippen LogP contribution is 2.30. The Morgan fingerprint density at radius 3 is 2.50 bits per heavy atom. The van der Waals surface area contributed by atoms with Gasteiger partial charge in [-0.25, -0.2) is 13.1 Å². The van der Waals surface area contributed by atoms with Gasteiger partial charge in [0.2, 0.25) is 5.82 Å². The van der Waals surface area contributed by atoms with Crippen LogP contribution in [0.2, 0.25) is 0 Å². The van der Waals surface area contributed by atoms with Crippen LogP contribution in [0.15, 0.2) is 0 Å². The molecule has 0 radical (unpaired) electrons. The first-order valence-corrected chi connectivity index (χ1v) is 8.19. The van der Waals surface area contributed by atoms with Crippen LogP contribution in [-0.2, 0) is 9.84 Å². The van der Waals surface area contributed by atoms with Crippen molar-refractivity contribution in [2.24, 2.45) is 0 Å². The zero-order chi connectivity index (χ0) is 15.5. The number of hydrogen-bond acceptors (Lipinski definition) is 6. The SMILES string of the molecule is CCS(=O)(=O)CCNc1c([N+](=O)[O-])c(C)nn1C(C)C. The number of aryl methyl sites for hydroxylation is 1. The Kier molecular flexibility index (Phi) is 5.09. The van der Waals surface area contributed by atoms with Crippen molar-refractivity contribution in [3.8, 4) is 0 Å². The molecule has 0 saturated carbocycles. The van der Waals surface area contributed by atoms with E-state index in [1.165, 1.54) is 4.68 Å². The summed E-state index contributed by atoms with van der Waals surface area (Å²) in [6.45, 7) is 6.95. The summed E-state index contributed by atoms with van der Waals surface area (Å²) in [5.41, 5.74) is 0.206. The maximum Gasteiger partial charge on any atom is 0.333 e. The molecule has 0 spiro atoms. The molecule has 1 heterocycles. The van der Waals surface area contributed by atoms with Crippen LogP contribution >= 0.6 is 0 Å². The van der Waals surface area contributed by atoms with Crippen LogP contribution in [0, 0.1) is 17.0 Å². The first-order valence-electron chi connectivity index (χ1n) is 6.37. The standard InChI is InChI=1S/C11H20N4O4S/c1-5-20(18,19)7-6-12-11-10(15(16)17)9(4)13-14(11)8(2)3/h8,12H,5-7H2,1-4H3. The molecule has 114 valence electrons. The van der Waals surface area contributed by atoms with Gasteiger partial charge in [0.05, 0.1) is 10.7 Å². The van der Waals surface area contributed by atoms with Gasteiger partial charge < -0.3 is 5.32 Å². The van der Waals surface area contributed by atoms with Crippen molar-refractivity contribution in [2.45, 2.75) is 33.7 Å². The van der Waals surface area contributed by atoms with Crippen LogP contribution in [0.4, 0.5) is 11.5 Å². The number of nitro groups is 1. The lowest BCUT2D eigenvalue weighted by Gasteiger charge is -2.11. The molecule has 0 atom stereocenters. The second-order valence-electron chi connectivity index (χ2n) is 4.74. The quantitative estimate of drug-likeness (QED) is 0.604. The molecule has 0 aromatic carbocycles. The molecule has 0 aliphatic rings. The summed E-state index contributed by atoms with van der Waals surface area (Å²) in [5.74, 6) is 0.246. The number of hydrogen-bond donors (Lipinski definition) is 1. The molecule has 0 fully saturated rings. The second-order valence-corrected chi connectivity index (χ2v) is 7.21. The Hall–Kier alpha value is -1.64. The summed E-state index contributed by atoms with van der Waals surface area (Å²) in [5, 5.41) is 18.1. The smallest absolute Gasteiger partial charge is 0.333 e. The fourth-order valence-corrected chi connectivity index (χ4v) is 2.47. The summed E-state index contributed by atoms with van der Waals surface area (Å²) in [6.07, 6.45) is 0. The largest absolute Gasteiger partial charge is 0.363 e. The molecule has 0 unspecified atom stereocenters. The first-order chi connectivity index (χ1) is 9.19. The Bertz CT molecular complexity index is 592. The molecule has 8 nitrogen and oxygen atoms in total. The summed E-state index contributed by atoms with van der Waals surface area (Å²) >= 11 is 0. The highest BCUT2D eigenvalue weighted by atomic mass is 32.2. The molecule has 1 N–H and O–H groups in total. The van der Waals surface area contributed by atoms with Crippen LogP contribution < -0.4 is 5.32 Å². The van der Waals surface area contributed by atoms with E-state index in [2.05, 4.69) is 10.4 Å². The molecule has 20 heavy (non-hydrogen) atoms. The number of nitrogens with one attached hydrogen (secondary N) is 1. The minimum Gasteiger partial charge on any atom is -0.363 e. The minimum absolute atomic E-state index is 0.0548. The van der Waals surface area contributed by atoms with Gasteiger partial charge in [0.25, 0.3) is 0 Å². The summed E-state index contributed by atoms with van der Waals surface area (Å²) < 4.78 is 24.4. The van der Waals surface area contributed by atoms with Gasteiger partial charge >= 0.3 is 5.69 Å². The maximum absolute atomic E-state index is 11.4. The highest BCUT2D eigenvalue weighted by Gasteiger charge is 2.26. The number of aromatic nitrogens is 2. The summed E-state index contributed by atoms with van der Waals surface area (Å²) in [4.78, 5) is 10.6. The maximum atomic E-state index is 11.4. The van der Waals surface area contributed by atoms with E-state index in [0.29, 0.717) is 5.69 Å². The molecular formula is C11H20N4O4S. The molecule has 1 aromatic rings. The molecular weight excluding hydrogens is 284 g/mol. The van der Waals surface area contributed by atoms with E-state index in [0.717, 1.165) is 0 Å². The van der Waals surface area contributed by atoms with Gasteiger partial charge in [-0.3, -0.25) is 10.1 Å². The van der Waals surface area contributed by atoms with Gasteiger partial charge in [-0.1, -0.05) is 6.92 Å². The van der Waals surface area contributed by atoms with Crippen LogP contribution in [-0.4, -0.2) is 41.2 Å². The van der Waals surface area contributed by atoms with Gasteiger partial charge in [0.15, 0.2) is 9.84 Å². The molecule has 1 rings (SSSR count). The molecule has 0 amide bonds. The lowest BCUT2D eigenvalue weighted by molar-refractivity contribution is -0.384. The topological polar surface area (TPSA) is 107 Å². The minimum atomic E-state index is -3.11. The van der Waals surface area contributed by atoms with Crippen LogP contribution in [0.5, 0.6) is 0 Å². The van der Waals surface area contributed by atoms with Crippen LogP contribution in [0.1, 0.15) is 32.5 Å². The average Bonchev–Trinajstić information content (AvgIpc) is 2.66. The van der Waals surface area contributed by atoms with Gasteiger partial charge in [-0.2, -0.15) is 5.10 Å². The zero-order valence-electron chi connectivity index (χ0n) is 12.1. The molecule has 0 aliphatic carbocycles. The number of nitrogens with zero attached hydrogens (tertiary/aromatic N) is 3. The zero-order valence-corrected chi connectivity index (χ0v) is 12.9. The highest BCUT2D eigenvalue weighted by molar-refractivity contribution is 7.91. The lowest BCUT2D eigenvalue weighted by Crippen LogP contribution is -2.19. The third-order valence-electron chi connectivity index (χ3n) is 2.87. The third kappa shape index (κ3) is 3.69. The van der Waals surface area contributed by atoms with Gasteiger partial charge in [-0.05, 0) is 20.8 Å². The van der Waals surface area contributed by atoms with Crippen molar-refractivity contribution in [3.05, 3.63) is 15.8 Å². The van der Waals surface area contributed by atoms with Crippen LogP contribution in [0.25, 0.3) is 0 Å². The first kappa shape index (κ1) is 16.4. The average molecular weight is 304 g/mol. The Balaban J connectivity index is 3.01. The van der Waals surface area contributed by atoms with Crippen molar-refractivity contribution in [1.82, 2.24) is 9.78 Å². The van der Waals surface area contributed by atoms with Crippen molar-refractivity contribution in [2.75, 3.05) is 23.4 Å². The molecule has 0 aliphatic heterocycles. The van der Waals surface area contributed by atoms with Crippen molar-refractivity contribution >= 4 is 21.3 Å². The monoisotopic (exact) mass is 304 g/mol. The van der Waals surface area contributed by atoms with E-state index in [4.69, 9.17) is 0 Å². The van der Waals surface area contributed by atoms with Crippen LogP contribution in [0.3, 0.4) is 0 Å². The molecule has 1 aromatic heterocycles. The summed E-state index contributed by atoms with van der Waals surface area (Å²) in [7, 11) is -3.11. The Morgan fingerprint density at radius 2 is 2.05 bits per heavy atom. The van der Waals surface area contributed by atoms with E-state index in [1.807, 2.05) is 13.8 Å². The van der Waals surface area contributed by atoms with Crippen molar-refractivity contribution < 1.29 is 13.3 Å². The summed E-state index contributed by atoms with van der Waals surface area (Å²) in [6, 6.07) is -0.0623. The third-order valence-corrected chi connectivity index (χ3v) is 4.58. The van der Waals surface area contributed by atoms with E-state index in [-0.39, 0.29) is 35.6 Å². The van der Waals surface area contributed by atoms with E-state index in [1.54, 1.807) is 13.8 Å². The lowest BCUT2D eigenvalue weighted by atomic mass is 10.3. The van der Waals surface area contributed by atoms with E-state index >= 15 is 0 Å². The molecule has 0 saturated heterocycles. The predicted octanol–water partition coefficient (Wildman–Crippen LogP) is 1.53. The number of anilines is 1. The van der Waals surface area contributed by atoms with Gasteiger partial charge in [-0.15, -0.1) is 0 Å².